The molecule has 0 amide bonds. The van der Waals surface area contributed by atoms with Gasteiger partial charge < -0.3 is 14.9 Å². The molecule has 14 heavy (non-hydrogen) atoms. The monoisotopic (exact) mass is 221 g/mol. The normalized spacial score (nSPS) is 13.5. The van der Waals surface area contributed by atoms with Gasteiger partial charge in [0.05, 0.1) is 0 Å². The molecule has 0 aliphatic carbocycles. The third-order valence-electron chi connectivity index (χ3n) is 2.35. The predicted molar refractivity (Wildman–Crippen MR) is 56.9 cm³/mol. The lowest BCUT2D eigenvalue weighted by atomic mass is 10.1. The molecule has 0 rings (SSSR count). The van der Waals surface area contributed by atoms with Gasteiger partial charge in [-0.2, -0.15) is 0 Å². The molecule has 0 bridgehead atoms. The van der Waals surface area contributed by atoms with E-state index in [1.807, 2.05) is 0 Å². The quantitative estimate of drug-likeness (QED) is 0.470. The first-order chi connectivity index (χ1) is 6.68. The minimum absolute atomic E-state index is 0.412. The predicted octanol–water partition coefficient (Wildman–Crippen LogP) is 1.21. The maximum absolute atomic E-state index is 10.3. The number of aliphatic hydroxyl groups is 1. The number of rotatable bonds is 9. The topological polar surface area (TPSA) is 66.3 Å². The van der Waals surface area contributed by atoms with Crippen molar-refractivity contribution < 1.29 is 14.9 Å². The Kier molecular flexibility index (Phi) is 10.1. The number of hydrogen-bond donors (Lipinski definition) is 1. The van der Waals surface area contributed by atoms with Gasteiger partial charge in [0.2, 0.25) is 0 Å². The van der Waals surface area contributed by atoms with E-state index in [9.17, 15) is 9.79 Å². The van der Waals surface area contributed by atoms with Crippen LogP contribution in [0, 0.1) is 0 Å². The molecule has 3 nitrogen and oxygen atoms in total. The summed E-state index contributed by atoms with van der Waals surface area (Å²) in [5.41, 5.74) is 0. The van der Waals surface area contributed by atoms with Gasteiger partial charge in [0, 0.05) is 6.42 Å². The lowest BCUT2D eigenvalue weighted by Crippen LogP contribution is -2.20. The van der Waals surface area contributed by atoms with E-state index < -0.39 is 14.2 Å². The van der Waals surface area contributed by atoms with Crippen molar-refractivity contribution >= 4 is 8.38 Å². The molecule has 0 aromatic heterocycles. The van der Waals surface area contributed by atoms with Gasteiger partial charge in [0.25, 0.3) is 0 Å². The van der Waals surface area contributed by atoms with Crippen LogP contribution < -0.4 is 9.79 Å². The Labute approximate surface area is 88.1 Å². The molecule has 1 atom stereocenters. The van der Waals surface area contributed by atoms with Crippen molar-refractivity contribution in [1.82, 2.24) is 0 Å². The first-order valence-corrected chi connectivity index (χ1v) is 6.96. The average Bonchev–Trinajstić information content (AvgIpc) is 2.16. The van der Waals surface area contributed by atoms with Crippen LogP contribution in [0.2, 0.25) is 0 Å². The van der Waals surface area contributed by atoms with Crippen LogP contribution in [-0.4, -0.2) is 11.0 Å². The second-order valence-corrected chi connectivity index (χ2v) is 5.05. The van der Waals surface area contributed by atoms with Gasteiger partial charge in [0.1, 0.15) is 5.85 Å². The summed E-state index contributed by atoms with van der Waals surface area (Å²) in [6.45, 7) is 2.18. The van der Waals surface area contributed by atoms with Gasteiger partial charge in [-0.15, -0.1) is 0 Å². The molecule has 0 aliphatic heterocycles. The molecule has 86 valence electrons. The first kappa shape index (κ1) is 14.3. The fraction of sp³-hybridized carbons (Fsp3) is 1.00. The zero-order valence-corrected chi connectivity index (χ0v) is 10.00. The first-order valence-electron chi connectivity index (χ1n) is 5.57. The van der Waals surface area contributed by atoms with Gasteiger partial charge in [-0.1, -0.05) is 53.8 Å². The lowest BCUT2D eigenvalue weighted by Gasteiger charge is -2.22. The van der Waals surface area contributed by atoms with E-state index in [-0.39, 0.29) is 0 Å². The van der Waals surface area contributed by atoms with Crippen molar-refractivity contribution in [2.45, 2.75) is 64.1 Å². The molecule has 0 aromatic carbocycles. The molecular formula is C10H22O3P-. The van der Waals surface area contributed by atoms with E-state index in [1.165, 1.54) is 25.7 Å². The van der Waals surface area contributed by atoms with Crippen LogP contribution in [0.25, 0.3) is 0 Å². The summed E-state index contributed by atoms with van der Waals surface area (Å²) in [6, 6.07) is 0. The summed E-state index contributed by atoms with van der Waals surface area (Å²) < 4.78 is 0. The van der Waals surface area contributed by atoms with E-state index in [2.05, 4.69) is 6.92 Å². The Morgan fingerprint density at radius 1 is 1.00 bits per heavy atom. The summed E-state index contributed by atoms with van der Waals surface area (Å²) in [7, 11) is -2.96. The molecule has 0 heterocycles. The number of aliphatic hydroxyl groups excluding tert-OH is 1. The molecule has 0 saturated heterocycles. The van der Waals surface area contributed by atoms with E-state index in [0.29, 0.717) is 6.42 Å². The number of unbranched alkanes of at least 4 members (excludes halogenated alkanes) is 6. The summed E-state index contributed by atoms with van der Waals surface area (Å²) in [5.74, 6) is -1.09. The minimum Gasteiger partial charge on any atom is -0.683 e. The third kappa shape index (κ3) is 8.89. The number of hydrogen-bond acceptors (Lipinski definition) is 3. The smallest absolute Gasteiger partial charge is 0.150 e. The van der Waals surface area contributed by atoms with Gasteiger partial charge in [-0.25, -0.2) is 0 Å². The van der Waals surface area contributed by atoms with Crippen LogP contribution in [0.3, 0.4) is 0 Å². The molecule has 1 N–H and O–H groups in total. The standard InChI is InChI=1S/C10H22O3P/c1-2-3-4-5-6-7-8-9-10(11)14(12)13/h10-11,14H,2-9H2,1H3/q-1. The maximum Gasteiger partial charge on any atom is 0.150 e. The molecule has 0 fully saturated rings. The molecular weight excluding hydrogens is 199 g/mol. The minimum atomic E-state index is -2.96. The van der Waals surface area contributed by atoms with E-state index in [1.54, 1.807) is 0 Å². The van der Waals surface area contributed by atoms with Gasteiger partial charge in [0.15, 0.2) is 0 Å². The molecule has 0 radical (unpaired) electrons. The zero-order valence-electron chi connectivity index (χ0n) is 9.00. The van der Waals surface area contributed by atoms with Gasteiger partial charge >= 0.3 is 0 Å². The molecule has 0 saturated carbocycles. The Morgan fingerprint density at radius 3 is 2.00 bits per heavy atom. The second kappa shape index (κ2) is 9.85. The Balaban J connectivity index is 3.06. The Hall–Kier alpha value is 0.310. The van der Waals surface area contributed by atoms with Crippen molar-refractivity contribution in [3.8, 4) is 0 Å². The van der Waals surface area contributed by atoms with Crippen LogP contribution in [0.15, 0.2) is 0 Å². The van der Waals surface area contributed by atoms with Gasteiger partial charge in [-0.05, 0) is 6.42 Å². The largest absolute Gasteiger partial charge is 0.683 e. The molecule has 0 spiro atoms. The lowest BCUT2D eigenvalue weighted by molar-refractivity contribution is -0.300. The third-order valence-corrected chi connectivity index (χ3v) is 3.19. The maximum atomic E-state index is 10.3. The Morgan fingerprint density at radius 2 is 1.50 bits per heavy atom. The highest BCUT2D eigenvalue weighted by Gasteiger charge is 2.05. The van der Waals surface area contributed by atoms with Crippen molar-refractivity contribution in [1.29, 1.82) is 0 Å². The summed E-state index contributed by atoms with van der Waals surface area (Å²) in [5, 5.41) is 8.99. The Bertz CT molecular complexity index is 120. The van der Waals surface area contributed by atoms with Crippen molar-refractivity contribution in [2.24, 2.45) is 0 Å². The molecule has 0 aromatic rings. The van der Waals surface area contributed by atoms with Crippen LogP contribution in [0.4, 0.5) is 0 Å². The summed E-state index contributed by atoms with van der Waals surface area (Å²) in [4.78, 5) is 20.7. The van der Waals surface area contributed by atoms with Crippen LogP contribution in [0.1, 0.15) is 58.3 Å². The molecule has 4 heteroatoms. The fourth-order valence-electron chi connectivity index (χ4n) is 1.41. The molecule has 0 aliphatic rings. The van der Waals surface area contributed by atoms with Crippen molar-refractivity contribution in [3.63, 3.8) is 0 Å². The highest BCUT2D eigenvalue weighted by molar-refractivity contribution is 7.42. The average molecular weight is 221 g/mol. The van der Waals surface area contributed by atoms with Gasteiger partial charge in [-0.3, -0.25) is 0 Å². The van der Waals surface area contributed by atoms with Crippen molar-refractivity contribution in [2.75, 3.05) is 0 Å². The summed E-state index contributed by atoms with van der Waals surface area (Å²) >= 11 is 0. The highest BCUT2D eigenvalue weighted by Crippen LogP contribution is 2.23. The second-order valence-electron chi connectivity index (χ2n) is 3.74. The van der Waals surface area contributed by atoms with E-state index in [0.717, 1.165) is 19.3 Å². The fourth-order valence-corrected chi connectivity index (χ4v) is 1.85. The van der Waals surface area contributed by atoms with Crippen LogP contribution in [0.5, 0.6) is 0 Å². The SMILES string of the molecule is CCCCCCCCCC(O)[PH+]([O-])[O-]. The van der Waals surface area contributed by atoms with E-state index >= 15 is 0 Å². The van der Waals surface area contributed by atoms with Crippen molar-refractivity contribution in [3.05, 3.63) is 0 Å². The molecule has 1 unspecified atom stereocenters. The highest BCUT2D eigenvalue weighted by atomic mass is 31.2. The van der Waals surface area contributed by atoms with Crippen LogP contribution >= 0.6 is 8.38 Å². The zero-order chi connectivity index (χ0) is 10.8. The van der Waals surface area contributed by atoms with Crippen LogP contribution in [-0.2, 0) is 0 Å². The van der Waals surface area contributed by atoms with E-state index in [4.69, 9.17) is 5.11 Å². The summed E-state index contributed by atoms with van der Waals surface area (Å²) in [6.07, 6.45) is 8.48.